The third-order valence-corrected chi connectivity index (χ3v) is 9.20. The smallest absolute Gasteiger partial charge is 0.0540 e. The molecule has 1 aliphatic heterocycles. The Hall–Kier alpha value is -5.92. The van der Waals surface area contributed by atoms with Crippen LogP contribution in [0.25, 0.3) is 56.2 Å². The van der Waals surface area contributed by atoms with Crippen molar-refractivity contribution in [2.24, 2.45) is 0 Å². The van der Waals surface area contributed by atoms with Crippen LogP contribution in [0.4, 0.5) is 17.1 Å². The van der Waals surface area contributed by atoms with Gasteiger partial charge < -0.3 is 4.90 Å². The number of nitrogens with zero attached hydrogens (tertiary/aromatic N) is 1. The molecule has 1 aliphatic carbocycles. The summed E-state index contributed by atoms with van der Waals surface area (Å²) in [4.78, 5) is 2.41. The van der Waals surface area contributed by atoms with Gasteiger partial charge in [0.1, 0.15) is 0 Å². The highest BCUT2D eigenvalue weighted by atomic mass is 15.1. The third kappa shape index (κ3) is 4.09. The van der Waals surface area contributed by atoms with Crippen LogP contribution in [0.15, 0.2) is 170 Å². The fourth-order valence-corrected chi connectivity index (χ4v) is 7.20. The Labute approximate surface area is 264 Å². The first kappa shape index (κ1) is 25.6. The van der Waals surface area contributed by atoms with Crippen molar-refractivity contribution in [3.8, 4) is 44.5 Å². The zero-order valence-electron chi connectivity index (χ0n) is 24.7. The summed E-state index contributed by atoms with van der Waals surface area (Å²) < 4.78 is 0. The second kappa shape index (κ2) is 10.4. The quantitative estimate of drug-likeness (QED) is 0.199. The number of hydrogen-bond acceptors (Lipinski definition) is 1. The highest BCUT2D eigenvalue weighted by Gasteiger charge is 2.26. The molecule has 0 fully saturated rings. The van der Waals surface area contributed by atoms with Crippen molar-refractivity contribution < 1.29 is 0 Å². The van der Waals surface area contributed by atoms with E-state index in [1.165, 1.54) is 78.1 Å². The van der Waals surface area contributed by atoms with E-state index in [1.807, 2.05) is 0 Å². The molecule has 0 amide bonds. The van der Waals surface area contributed by atoms with Gasteiger partial charge in [0.05, 0.1) is 11.4 Å². The van der Waals surface area contributed by atoms with Gasteiger partial charge in [-0.3, -0.25) is 0 Å². The zero-order chi connectivity index (χ0) is 29.7. The van der Waals surface area contributed by atoms with E-state index in [0.717, 1.165) is 5.69 Å². The Kier molecular flexibility index (Phi) is 5.89. The first-order valence-corrected chi connectivity index (χ1v) is 15.5. The van der Waals surface area contributed by atoms with Crippen LogP contribution in [0.5, 0.6) is 0 Å². The second-order valence-electron chi connectivity index (χ2n) is 11.7. The van der Waals surface area contributed by atoms with Gasteiger partial charge in [0.15, 0.2) is 0 Å². The van der Waals surface area contributed by atoms with Crippen molar-refractivity contribution >= 4 is 28.7 Å². The van der Waals surface area contributed by atoms with Crippen molar-refractivity contribution in [2.75, 3.05) is 4.90 Å². The molecule has 0 atom stereocenters. The molecule has 0 unspecified atom stereocenters. The Morgan fingerprint density at radius 3 is 1.02 bits per heavy atom. The van der Waals surface area contributed by atoms with E-state index in [4.69, 9.17) is 0 Å². The summed E-state index contributed by atoms with van der Waals surface area (Å²) in [6.07, 6.45) is 2.35. The molecule has 0 spiro atoms. The molecule has 45 heavy (non-hydrogen) atoms. The van der Waals surface area contributed by atoms with Crippen LogP contribution in [0.1, 0.15) is 16.7 Å². The van der Waals surface area contributed by atoms with Gasteiger partial charge in [-0.1, -0.05) is 146 Å². The molecule has 7 aromatic carbocycles. The average molecular weight is 572 g/mol. The van der Waals surface area contributed by atoms with Gasteiger partial charge in [0, 0.05) is 16.8 Å². The largest absolute Gasteiger partial charge is 0.309 e. The minimum atomic E-state index is 1.14. The fourth-order valence-electron chi connectivity index (χ4n) is 7.20. The number of para-hydroxylation sites is 2. The number of hydrogen-bond donors (Lipinski definition) is 0. The maximum absolute atomic E-state index is 2.41. The number of fused-ring (bicyclic) bond motifs is 10. The lowest BCUT2D eigenvalue weighted by Gasteiger charge is -2.27. The van der Waals surface area contributed by atoms with Crippen molar-refractivity contribution in [1.82, 2.24) is 0 Å². The third-order valence-electron chi connectivity index (χ3n) is 9.20. The summed E-state index contributed by atoms with van der Waals surface area (Å²) in [5, 5.41) is 0. The molecule has 0 radical (unpaired) electrons. The van der Waals surface area contributed by atoms with Gasteiger partial charge >= 0.3 is 0 Å². The van der Waals surface area contributed by atoms with E-state index in [1.54, 1.807) is 0 Å². The van der Waals surface area contributed by atoms with Crippen LogP contribution in [-0.4, -0.2) is 0 Å². The summed E-state index contributed by atoms with van der Waals surface area (Å²) in [7, 11) is 0. The highest BCUT2D eigenvalue weighted by Crippen LogP contribution is 2.51. The maximum atomic E-state index is 2.41. The lowest BCUT2D eigenvalue weighted by molar-refractivity contribution is 1.29. The summed E-state index contributed by atoms with van der Waals surface area (Å²) in [5.74, 6) is 0. The monoisotopic (exact) mass is 571 g/mol. The summed E-state index contributed by atoms with van der Waals surface area (Å²) in [6, 6.07) is 61.7. The average Bonchev–Trinajstić information content (AvgIpc) is 3.31. The van der Waals surface area contributed by atoms with Gasteiger partial charge in [0.2, 0.25) is 0 Å². The van der Waals surface area contributed by atoms with Crippen LogP contribution in [0.3, 0.4) is 0 Å². The Balaban J connectivity index is 1.21. The molecule has 0 saturated heterocycles. The molecule has 9 rings (SSSR count). The summed E-state index contributed by atoms with van der Waals surface area (Å²) in [6.45, 7) is 0. The topological polar surface area (TPSA) is 3.24 Å². The maximum Gasteiger partial charge on any atom is 0.0540 e. The molecule has 0 aromatic heterocycles. The van der Waals surface area contributed by atoms with E-state index in [9.17, 15) is 0 Å². The van der Waals surface area contributed by atoms with Gasteiger partial charge in [0.25, 0.3) is 0 Å². The molecule has 1 heterocycles. The van der Waals surface area contributed by atoms with Gasteiger partial charge in [-0.05, 0) is 86.0 Å². The number of rotatable bonds is 2. The predicted octanol–water partition coefficient (Wildman–Crippen LogP) is 12.0. The molecule has 1 heteroatoms. The minimum absolute atomic E-state index is 1.14. The molecular formula is C44H29N. The molecular weight excluding hydrogens is 542 g/mol. The van der Waals surface area contributed by atoms with E-state index < -0.39 is 0 Å². The minimum Gasteiger partial charge on any atom is -0.309 e. The van der Waals surface area contributed by atoms with Crippen molar-refractivity contribution in [3.63, 3.8) is 0 Å². The standard InChI is InChI=1S/C44H29N/c1-2-14-33-32(13-1)34-15-3-7-19-38(34)42(39-20-8-4-16-35(33)39)29-30-25-27-31(28-26-30)45-43-23-11-9-21-40(43)36-17-5-6-18-37(36)41-22-10-12-24-44(41)45/h1-29H. The summed E-state index contributed by atoms with van der Waals surface area (Å²) >= 11 is 0. The van der Waals surface area contributed by atoms with Gasteiger partial charge in [-0.2, -0.15) is 0 Å². The lowest BCUT2D eigenvalue weighted by Crippen LogP contribution is -2.10. The van der Waals surface area contributed by atoms with Gasteiger partial charge in [-0.15, -0.1) is 0 Å². The highest BCUT2D eigenvalue weighted by molar-refractivity contribution is 6.06. The molecule has 7 aromatic rings. The molecule has 1 nitrogen and oxygen atoms in total. The number of anilines is 3. The fraction of sp³-hybridized carbons (Fsp3) is 0. The first-order chi connectivity index (χ1) is 22.3. The zero-order valence-corrected chi connectivity index (χ0v) is 24.7. The van der Waals surface area contributed by atoms with Crippen molar-refractivity contribution in [1.29, 1.82) is 0 Å². The molecule has 0 bridgehead atoms. The molecule has 210 valence electrons. The molecule has 0 saturated carbocycles. The van der Waals surface area contributed by atoms with Crippen LogP contribution in [0, 0.1) is 0 Å². The van der Waals surface area contributed by atoms with Crippen molar-refractivity contribution in [3.05, 3.63) is 187 Å². The van der Waals surface area contributed by atoms with Crippen LogP contribution >= 0.6 is 0 Å². The van der Waals surface area contributed by atoms with Crippen molar-refractivity contribution in [2.45, 2.75) is 0 Å². The molecule has 2 aliphatic rings. The SMILES string of the molecule is C(=C1c2ccccc2-c2ccccc2-c2ccccc21)c1ccc(N2c3ccccc3-c3ccccc3-c3ccccc32)cc1. The first-order valence-electron chi connectivity index (χ1n) is 15.5. The Bertz CT molecular complexity index is 2140. The number of benzene rings is 7. The second-order valence-corrected chi connectivity index (χ2v) is 11.7. The Morgan fingerprint density at radius 2 is 0.600 bits per heavy atom. The Morgan fingerprint density at radius 1 is 0.289 bits per heavy atom. The lowest BCUT2D eigenvalue weighted by atomic mass is 9.91. The van der Waals surface area contributed by atoms with Crippen LogP contribution < -0.4 is 4.90 Å². The van der Waals surface area contributed by atoms with Crippen LogP contribution in [-0.2, 0) is 0 Å². The van der Waals surface area contributed by atoms with E-state index in [0.29, 0.717) is 0 Å². The van der Waals surface area contributed by atoms with E-state index >= 15 is 0 Å². The van der Waals surface area contributed by atoms with Crippen LogP contribution in [0.2, 0.25) is 0 Å². The summed E-state index contributed by atoms with van der Waals surface area (Å²) in [5.41, 5.74) is 18.5. The van der Waals surface area contributed by atoms with E-state index in [2.05, 4.69) is 181 Å². The molecule has 0 N–H and O–H groups in total. The predicted molar refractivity (Wildman–Crippen MR) is 190 cm³/mol. The van der Waals surface area contributed by atoms with E-state index in [-0.39, 0.29) is 0 Å². The normalized spacial score (nSPS) is 12.4. The van der Waals surface area contributed by atoms with Gasteiger partial charge in [-0.25, -0.2) is 0 Å².